The zero-order chi connectivity index (χ0) is 19.1. The first kappa shape index (κ1) is 20.6. The fourth-order valence-corrected chi connectivity index (χ4v) is 1.72. The van der Waals surface area contributed by atoms with Crippen molar-refractivity contribution in [3.63, 3.8) is 0 Å². The fraction of sp³-hybridized carbons (Fsp3) is 0.400. The highest BCUT2D eigenvalue weighted by molar-refractivity contribution is 6.33. The second-order valence-electron chi connectivity index (χ2n) is 4.18. The van der Waals surface area contributed by atoms with Gasteiger partial charge in [0.15, 0.2) is 0 Å². The molecule has 1 aromatic rings. The van der Waals surface area contributed by atoms with E-state index < -0.39 is 45.8 Å². The van der Waals surface area contributed by atoms with Gasteiger partial charge in [0.25, 0.3) is 0 Å². The number of amides is 1. The molecule has 0 radical (unpaired) electrons. The van der Waals surface area contributed by atoms with Crippen LogP contribution in [0.25, 0.3) is 0 Å². The van der Waals surface area contributed by atoms with Crippen LogP contribution in [0.3, 0.4) is 0 Å². The number of hydrogen-bond acceptors (Lipinski definition) is 2. The number of aromatic nitrogens is 1. The first-order valence-electron chi connectivity index (χ1n) is 5.38. The lowest BCUT2D eigenvalue weighted by Gasteiger charge is -2.32. The van der Waals surface area contributed by atoms with Crippen molar-refractivity contribution in [1.82, 2.24) is 4.98 Å². The number of rotatable bonds is 4. The number of halogens is 11. The molecular formula is C10H3Cl2F9N2O. The van der Waals surface area contributed by atoms with E-state index in [0.717, 1.165) is 5.32 Å². The molecule has 0 unspecified atom stereocenters. The minimum atomic E-state index is -7.17. The molecule has 0 aromatic carbocycles. The van der Waals surface area contributed by atoms with E-state index in [1.165, 1.54) is 0 Å². The Hall–Kier alpha value is -1.43. The first-order chi connectivity index (χ1) is 10.5. The SMILES string of the molecule is O=C(Nc1cc(Cl)nc(Cl)c1)C(F)(F)C(F)(F)C(F)(F)C(F)(F)F. The van der Waals surface area contributed by atoms with Crippen molar-refractivity contribution in [3.8, 4) is 0 Å². The molecule has 14 heteroatoms. The Balaban J connectivity index is 3.20. The van der Waals surface area contributed by atoms with E-state index in [9.17, 15) is 44.3 Å². The van der Waals surface area contributed by atoms with Gasteiger partial charge in [-0.25, -0.2) is 4.98 Å². The Labute approximate surface area is 136 Å². The molecule has 1 rings (SSSR count). The number of pyridine rings is 1. The largest absolute Gasteiger partial charge is 0.460 e. The van der Waals surface area contributed by atoms with Crippen LogP contribution in [0.5, 0.6) is 0 Å². The van der Waals surface area contributed by atoms with E-state index in [1.54, 1.807) is 0 Å². The summed E-state index contributed by atoms with van der Waals surface area (Å²) in [6.07, 6.45) is -7.02. The summed E-state index contributed by atoms with van der Waals surface area (Å²) in [6, 6.07) is 1.23. The van der Waals surface area contributed by atoms with Gasteiger partial charge in [0.2, 0.25) is 0 Å². The molecule has 3 nitrogen and oxygen atoms in total. The Bertz CT molecular complexity index is 627. The summed E-state index contributed by atoms with van der Waals surface area (Å²) in [7, 11) is 0. The van der Waals surface area contributed by atoms with Crippen molar-refractivity contribution in [2.24, 2.45) is 0 Å². The van der Waals surface area contributed by atoms with Crippen LogP contribution in [-0.2, 0) is 4.79 Å². The van der Waals surface area contributed by atoms with Gasteiger partial charge in [0.05, 0.1) is 0 Å². The fourth-order valence-electron chi connectivity index (χ4n) is 1.26. The Morgan fingerprint density at radius 3 is 1.67 bits per heavy atom. The van der Waals surface area contributed by atoms with Crippen molar-refractivity contribution in [1.29, 1.82) is 0 Å². The lowest BCUT2D eigenvalue weighted by atomic mass is 10.0. The van der Waals surface area contributed by atoms with Crippen molar-refractivity contribution in [3.05, 3.63) is 22.4 Å². The minimum Gasteiger partial charge on any atom is -0.320 e. The number of hydrogen-bond donors (Lipinski definition) is 1. The summed E-state index contributed by atoms with van der Waals surface area (Å²) in [4.78, 5) is 14.4. The second kappa shape index (κ2) is 6.14. The lowest BCUT2D eigenvalue weighted by Crippen LogP contribution is -2.64. The van der Waals surface area contributed by atoms with Crippen LogP contribution in [0.1, 0.15) is 0 Å². The molecule has 0 saturated carbocycles. The molecule has 0 aliphatic carbocycles. The highest BCUT2D eigenvalue weighted by Crippen LogP contribution is 2.53. The highest BCUT2D eigenvalue weighted by atomic mass is 35.5. The number of anilines is 1. The summed E-state index contributed by atoms with van der Waals surface area (Å²) in [5.74, 6) is -23.8. The zero-order valence-corrected chi connectivity index (χ0v) is 12.2. The third-order valence-corrected chi connectivity index (χ3v) is 2.84. The standard InChI is InChI=1S/C10H3Cl2F9N2O/c11-4-1-3(2-5(12)23-4)22-6(24)7(13,14)8(15,16)9(17,18)10(19,20)21/h1-2H,(H,22,23,24). The summed E-state index contributed by atoms with van der Waals surface area (Å²) in [5, 5.41) is 0.00296. The predicted octanol–water partition coefficient (Wildman–Crippen LogP) is 4.80. The van der Waals surface area contributed by atoms with E-state index in [-0.39, 0.29) is 0 Å². The van der Waals surface area contributed by atoms with Gasteiger partial charge in [-0.2, -0.15) is 39.5 Å². The zero-order valence-electron chi connectivity index (χ0n) is 10.7. The molecule has 1 aromatic heterocycles. The third-order valence-electron chi connectivity index (χ3n) is 2.45. The maximum Gasteiger partial charge on any atom is 0.460 e. The van der Waals surface area contributed by atoms with Gasteiger partial charge in [-0.3, -0.25) is 4.79 Å². The monoisotopic (exact) mass is 408 g/mol. The molecule has 0 saturated heterocycles. The molecule has 1 heterocycles. The Morgan fingerprint density at radius 2 is 1.29 bits per heavy atom. The summed E-state index contributed by atoms with van der Waals surface area (Å²) < 4.78 is 114. The first-order valence-corrected chi connectivity index (χ1v) is 6.14. The van der Waals surface area contributed by atoms with Gasteiger partial charge in [-0.15, -0.1) is 0 Å². The molecule has 136 valence electrons. The van der Waals surface area contributed by atoms with Gasteiger partial charge in [-0.1, -0.05) is 23.2 Å². The van der Waals surface area contributed by atoms with E-state index >= 15 is 0 Å². The van der Waals surface area contributed by atoms with Crippen LogP contribution >= 0.6 is 23.2 Å². The smallest absolute Gasteiger partial charge is 0.320 e. The molecule has 0 atom stereocenters. The maximum atomic E-state index is 13.3. The summed E-state index contributed by atoms with van der Waals surface area (Å²) in [5.41, 5.74) is -0.782. The van der Waals surface area contributed by atoms with Crippen LogP contribution < -0.4 is 5.32 Å². The summed E-state index contributed by atoms with van der Waals surface area (Å²) in [6.45, 7) is 0. The van der Waals surface area contributed by atoms with Gasteiger partial charge >= 0.3 is 29.9 Å². The second-order valence-corrected chi connectivity index (χ2v) is 4.95. The normalized spacial score (nSPS) is 13.8. The van der Waals surface area contributed by atoms with Crippen LogP contribution in [0.15, 0.2) is 12.1 Å². The molecule has 0 aliphatic rings. The van der Waals surface area contributed by atoms with Crippen molar-refractivity contribution < 1.29 is 44.3 Å². The predicted molar refractivity (Wildman–Crippen MR) is 63.8 cm³/mol. The number of nitrogens with one attached hydrogen (secondary N) is 1. The van der Waals surface area contributed by atoms with Crippen molar-refractivity contribution in [2.45, 2.75) is 23.9 Å². The molecular weight excluding hydrogens is 406 g/mol. The van der Waals surface area contributed by atoms with E-state index in [2.05, 4.69) is 4.98 Å². The lowest BCUT2D eigenvalue weighted by molar-refractivity contribution is -0.388. The van der Waals surface area contributed by atoms with Gasteiger partial charge in [0.1, 0.15) is 10.3 Å². The van der Waals surface area contributed by atoms with Crippen molar-refractivity contribution in [2.75, 3.05) is 5.32 Å². The highest BCUT2D eigenvalue weighted by Gasteiger charge is 2.83. The van der Waals surface area contributed by atoms with Gasteiger partial charge in [-0.05, 0) is 12.1 Å². The molecule has 1 N–H and O–H groups in total. The maximum absolute atomic E-state index is 13.3. The van der Waals surface area contributed by atoms with Crippen LogP contribution in [0, 0.1) is 0 Å². The molecule has 0 aliphatic heterocycles. The molecule has 0 fully saturated rings. The molecule has 0 spiro atoms. The topological polar surface area (TPSA) is 42.0 Å². The Morgan fingerprint density at radius 1 is 0.875 bits per heavy atom. The molecule has 1 amide bonds. The number of carbonyl (C=O) groups is 1. The van der Waals surface area contributed by atoms with Crippen LogP contribution in [-0.4, -0.2) is 34.8 Å². The van der Waals surface area contributed by atoms with Crippen LogP contribution in [0.4, 0.5) is 45.2 Å². The number of alkyl halides is 9. The molecule has 24 heavy (non-hydrogen) atoms. The summed E-state index contributed by atoms with van der Waals surface area (Å²) >= 11 is 10.6. The third kappa shape index (κ3) is 3.48. The minimum absolute atomic E-state index is 0.506. The van der Waals surface area contributed by atoms with Gasteiger partial charge < -0.3 is 5.32 Å². The molecule has 0 bridgehead atoms. The van der Waals surface area contributed by atoms with Crippen LogP contribution in [0.2, 0.25) is 10.3 Å². The van der Waals surface area contributed by atoms with E-state index in [1.807, 2.05) is 0 Å². The quantitative estimate of drug-likeness (QED) is 0.574. The Kier molecular flexibility index (Phi) is 5.27. The van der Waals surface area contributed by atoms with Gasteiger partial charge in [0, 0.05) is 5.69 Å². The van der Waals surface area contributed by atoms with Crippen molar-refractivity contribution >= 4 is 34.8 Å². The number of nitrogens with zero attached hydrogens (tertiary/aromatic N) is 1. The average Bonchev–Trinajstić information content (AvgIpc) is 2.35. The number of carbonyl (C=O) groups excluding carboxylic acids is 1. The average molecular weight is 409 g/mol. The van der Waals surface area contributed by atoms with E-state index in [0.29, 0.717) is 12.1 Å². The van der Waals surface area contributed by atoms with E-state index in [4.69, 9.17) is 23.2 Å².